The van der Waals surface area contributed by atoms with Gasteiger partial charge in [-0.1, -0.05) is 28.1 Å². The van der Waals surface area contributed by atoms with Crippen LogP contribution in [0.4, 0.5) is 5.69 Å². The predicted octanol–water partition coefficient (Wildman–Crippen LogP) is 3.03. The molecule has 0 aromatic heterocycles. The molecule has 1 unspecified atom stereocenters. The van der Waals surface area contributed by atoms with Crippen LogP contribution in [0.3, 0.4) is 0 Å². The first-order valence-electron chi connectivity index (χ1n) is 7.93. The Bertz CT molecular complexity index is 873. The third-order valence-corrected chi connectivity index (χ3v) is 5.89. The lowest BCUT2D eigenvalue weighted by Gasteiger charge is -2.12. The van der Waals surface area contributed by atoms with E-state index in [0.717, 1.165) is 23.4 Å². The molecule has 0 spiro atoms. The molecule has 0 heterocycles. The van der Waals surface area contributed by atoms with E-state index in [9.17, 15) is 18.5 Å². The van der Waals surface area contributed by atoms with E-state index < -0.39 is 14.9 Å². The maximum Gasteiger partial charge on any atom is 0.269 e. The minimum atomic E-state index is -3.75. The van der Waals surface area contributed by atoms with Gasteiger partial charge in [-0.25, -0.2) is 13.1 Å². The number of ether oxygens (including phenoxy) is 2. The smallest absolute Gasteiger partial charge is 0.269 e. The van der Waals surface area contributed by atoms with Gasteiger partial charge in [0, 0.05) is 18.7 Å². The van der Waals surface area contributed by atoms with Crippen molar-refractivity contribution in [3.63, 3.8) is 0 Å². The number of nitrogens with one attached hydrogen (secondary N) is 1. The molecule has 0 aliphatic heterocycles. The molecule has 146 valence electrons. The number of rotatable bonds is 10. The number of alkyl halides is 1. The van der Waals surface area contributed by atoms with Crippen molar-refractivity contribution in [3.8, 4) is 5.75 Å². The third kappa shape index (κ3) is 6.28. The van der Waals surface area contributed by atoms with Crippen LogP contribution in [-0.2, 0) is 14.8 Å². The van der Waals surface area contributed by atoms with Crippen molar-refractivity contribution in [2.45, 2.75) is 9.72 Å². The Labute approximate surface area is 165 Å². The van der Waals surface area contributed by atoms with Gasteiger partial charge in [-0.3, -0.25) is 10.1 Å². The first-order valence-corrected chi connectivity index (χ1v) is 10.3. The van der Waals surface area contributed by atoms with Crippen molar-refractivity contribution in [1.29, 1.82) is 0 Å². The van der Waals surface area contributed by atoms with Gasteiger partial charge in [-0.2, -0.15) is 0 Å². The predicted molar refractivity (Wildman–Crippen MR) is 104 cm³/mol. The van der Waals surface area contributed by atoms with Gasteiger partial charge >= 0.3 is 0 Å². The lowest BCUT2D eigenvalue weighted by molar-refractivity contribution is -0.384. The minimum Gasteiger partial charge on any atom is -0.497 e. The van der Waals surface area contributed by atoms with Crippen LogP contribution in [0.2, 0.25) is 0 Å². The van der Waals surface area contributed by atoms with Crippen molar-refractivity contribution >= 4 is 31.6 Å². The van der Waals surface area contributed by atoms with Crippen LogP contribution >= 0.6 is 15.9 Å². The standard InChI is InChI=1S/C17H19BrN2O6S/c1-25-15-4-2-3-13(11-15)17(18)12-26-10-9-19-27(23,24)16-7-5-14(6-8-16)20(21)22/h2-8,11,17,19H,9-10,12H2,1H3. The Hall–Kier alpha value is -2.01. The maximum absolute atomic E-state index is 12.1. The zero-order valence-corrected chi connectivity index (χ0v) is 16.9. The van der Waals surface area contributed by atoms with Crippen LogP contribution in [0.25, 0.3) is 0 Å². The van der Waals surface area contributed by atoms with Crippen molar-refractivity contribution < 1.29 is 22.8 Å². The fourth-order valence-electron chi connectivity index (χ4n) is 2.20. The second-order valence-corrected chi connectivity index (χ2v) is 8.34. The molecule has 0 aliphatic carbocycles. The van der Waals surface area contributed by atoms with E-state index in [1.807, 2.05) is 24.3 Å². The molecule has 2 aromatic rings. The second-order valence-electron chi connectivity index (χ2n) is 5.47. The van der Waals surface area contributed by atoms with E-state index in [1.54, 1.807) is 7.11 Å². The van der Waals surface area contributed by atoms with Crippen LogP contribution in [0.5, 0.6) is 5.75 Å². The minimum absolute atomic E-state index is 0.0390. The topological polar surface area (TPSA) is 108 Å². The number of nitro groups is 1. The Morgan fingerprint density at radius 3 is 2.56 bits per heavy atom. The van der Waals surface area contributed by atoms with Gasteiger partial charge in [0.1, 0.15) is 5.75 Å². The van der Waals surface area contributed by atoms with Gasteiger partial charge in [-0.15, -0.1) is 0 Å². The van der Waals surface area contributed by atoms with E-state index >= 15 is 0 Å². The molecule has 2 aromatic carbocycles. The maximum atomic E-state index is 12.1. The molecule has 0 saturated heterocycles. The zero-order chi connectivity index (χ0) is 19.9. The Balaban J connectivity index is 1.79. The summed E-state index contributed by atoms with van der Waals surface area (Å²) in [5, 5.41) is 10.6. The van der Waals surface area contributed by atoms with Crippen molar-refractivity contribution in [3.05, 3.63) is 64.2 Å². The van der Waals surface area contributed by atoms with Gasteiger partial charge in [-0.05, 0) is 29.8 Å². The molecule has 1 N–H and O–H groups in total. The summed E-state index contributed by atoms with van der Waals surface area (Å²) in [4.78, 5) is 9.93. The molecule has 27 heavy (non-hydrogen) atoms. The lowest BCUT2D eigenvalue weighted by Crippen LogP contribution is -2.27. The summed E-state index contributed by atoms with van der Waals surface area (Å²) in [7, 11) is -2.15. The van der Waals surface area contributed by atoms with Gasteiger partial charge in [0.25, 0.3) is 5.69 Å². The molecule has 0 saturated carbocycles. The first-order chi connectivity index (χ1) is 12.8. The van der Waals surface area contributed by atoms with E-state index in [-0.39, 0.29) is 28.6 Å². The van der Waals surface area contributed by atoms with Gasteiger partial charge in [0.2, 0.25) is 10.0 Å². The lowest BCUT2D eigenvalue weighted by atomic mass is 10.1. The van der Waals surface area contributed by atoms with Gasteiger partial charge in [0.05, 0.1) is 35.0 Å². The number of methoxy groups -OCH3 is 1. The largest absolute Gasteiger partial charge is 0.497 e. The SMILES string of the molecule is COc1cccc(C(Br)COCCNS(=O)(=O)c2ccc([N+](=O)[O-])cc2)c1. The Morgan fingerprint density at radius 2 is 1.93 bits per heavy atom. The molecular weight excluding hydrogens is 440 g/mol. The molecule has 0 radical (unpaired) electrons. The van der Waals surface area contributed by atoms with E-state index in [2.05, 4.69) is 20.7 Å². The van der Waals surface area contributed by atoms with Crippen LogP contribution < -0.4 is 9.46 Å². The molecule has 0 amide bonds. The van der Waals surface area contributed by atoms with Crippen molar-refractivity contribution in [1.82, 2.24) is 4.72 Å². The van der Waals surface area contributed by atoms with Crippen LogP contribution in [0.1, 0.15) is 10.4 Å². The number of hydrogen-bond acceptors (Lipinski definition) is 6. The van der Waals surface area contributed by atoms with E-state index in [4.69, 9.17) is 9.47 Å². The van der Waals surface area contributed by atoms with E-state index in [1.165, 1.54) is 12.1 Å². The second kappa shape index (κ2) is 9.79. The summed E-state index contributed by atoms with van der Waals surface area (Å²) < 4.78 is 37.4. The summed E-state index contributed by atoms with van der Waals surface area (Å²) in [5.74, 6) is 0.743. The number of sulfonamides is 1. The normalized spacial score (nSPS) is 12.5. The zero-order valence-electron chi connectivity index (χ0n) is 14.5. The highest BCUT2D eigenvalue weighted by molar-refractivity contribution is 9.09. The highest BCUT2D eigenvalue weighted by atomic mass is 79.9. The Kier molecular flexibility index (Phi) is 7.72. The average molecular weight is 459 g/mol. The summed E-state index contributed by atoms with van der Waals surface area (Å²) >= 11 is 3.52. The molecule has 1 atom stereocenters. The van der Waals surface area contributed by atoms with Gasteiger partial charge in [0.15, 0.2) is 0 Å². The molecule has 0 bridgehead atoms. The van der Waals surface area contributed by atoms with Crippen LogP contribution in [0.15, 0.2) is 53.4 Å². The van der Waals surface area contributed by atoms with Crippen LogP contribution in [0, 0.1) is 10.1 Å². The quantitative estimate of drug-likeness (QED) is 0.253. The number of nitro benzene ring substituents is 1. The average Bonchev–Trinajstić information content (AvgIpc) is 2.67. The monoisotopic (exact) mass is 458 g/mol. The fourth-order valence-corrected chi connectivity index (χ4v) is 3.68. The number of halogens is 1. The molecular formula is C17H19BrN2O6S. The van der Waals surface area contributed by atoms with E-state index in [0.29, 0.717) is 6.61 Å². The summed E-state index contributed by atoms with van der Waals surface area (Å²) in [6.07, 6.45) is 0. The highest BCUT2D eigenvalue weighted by Gasteiger charge is 2.15. The number of benzene rings is 2. The first kappa shape index (κ1) is 21.3. The summed E-state index contributed by atoms with van der Waals surface area (Å²) in [6, 6.07) is 12.2. The van der Waals surface area contributed by atoms with Crippen molar-refractivity contribution in [2.75, 3.05) is 26.9 Å². The molecule has 10 heteroatoms. The van der Waals surface area contributed by atoms with Gasteiger partial charge < -0.3 is 9.47 Å². The number of hydrogen-bond donors (Lipinski definition) is 1. The third-order valence-electron chi connectivity index (χ3n) is 3.62. The number of non-ortho nitro benzene ring substituents is 1. The highest BCUT2D eigenvalue weighted by Crippen LogP contribution is 2.26. The molecule has 0 fully saturated rings. The van der Waals surface area contributed by atoms with Crippen molar-refractivity contribution in [2.24, 2.45) is 0 Å². The number of nitrogens with zero attached hydrogens (tertiary/aromatic N) is 1. The fraction of sp³-hybridized carbons (Fsp3) is 0.294. The summed E-state index contributed by atoms with van der Waals surface area (Å²) in [5.41, 5.74) is 0.819. The molecule has 2 rings (SSSR count). The molecule has 0 aliphatic rings. The van der Waals surface area contributed by atoms with Crippen LogP contribution in [-0.4, -0.2) is 40.2 Å². The summed E-state index contributed by atoms with van der Waals surface area (Å²) in [6.45, 7) is 0.613. The molecule has 8 nitrogen and oxygen atoms in total. The Morgan fingerprint density at radius 1 is 1.22 bits per heavy atom.